The fourth-order valence-corrected chi connectivity index (χ4v) is 4.20. The van der Waals surface area contributed by atoms with Crippen molar-refractivity contribution in [3.8, 4) is 0 Å². The SMILES string of the molecule is C=CC(=O)N1CC(CC(=O)NCCCNS(=O)(=O)c2ccccc2Cl)C1. The normalized spacial score (nSPS) is 14.6. The summed E-state index contributed by atoms with van der Waals surface area (Å²) in [6, 6.07) is 6.21. The van der Waals surface area contributed by atoms with Crippen LogP contribution in [0.3, 0.4) is 0 Å². The molecule has 0 bridgehead atoms. The Kier molecular flexibility index (Phi) is 7.19. The standard InChI is InChI=1S/C17H22ClN3O4S/c1-2-17(23)21-11-13(12-21)10-16(22)19-8-5-9-20-26(24,25)15-7-4-3-6-14(15)18/h2-4,6-7,13,20H,1,5,8-12H2,(H,19,22). The molecule has 9 heteroatoms. The van der Waals surface area contributed by atoms with Gasteiger partial charge in [0.2, 0.25) is 21.8 Å². The van der Waals surface area contributed by atoms with Crippen LogP contribution in [0.5, 0.6) is 0 Å². The Labute approximate surface area is 158 Å². The van der Waals surface area contributed by atoms with Gasteiger partial charge in [0.05, 0.1) is 5.02 Å². The van der Waals surface area contributed by atoms with Gasteiger partial charge in [-0.2, -0.15) is 0 Å². The van der Waals surface area contributed by atoms with E-state index >= 15 is 0 Å². The number of likely N-dealkylation sites (tertiary alicyclic amines) is 1. The summed E-state index contributed by atoms with van der Waals surface area (Å²) in [5.74, 6) is -0.0558. The van der Waals surface area contributed by atoms with E-state index in [9.17, 15) is 18.0 Å². The highest BCUT2D eigenvalue weighted by Crippen LogP contribution is 2.20. The van der Waals surface area contributed by atoms with Gasteiger partial charge < -0.3 is 10.2 Å². The number of amides is 2. The van der Waals surface area contributed by atoms with Crippen LogP contribution >= 0.6 is 11.6 Å². The number of sulfonamides is 1. The van der Waals surface area contributed by atoms with Crippen molar-refractivity contribution in [2.75, 3.05) is 26.2 Å². The molecule has 142 valence electrons. The highest BCUT2D eigenvalue weighted by molar-refractivity contribution is 7.89. The molecule has 1 saturated heterocycles. The third kappa shape index (κ3) is 5.55. The molecule has 0 atom stereocenters. The van der Waals surface area contributed by atoms with Crippen LogP contribution in [0.1, 0.15) is 12.8 Å². The van der Waals surface area contributed by atoms with Gasteiger partial charge in [-0.1, -0.05) is 30.3 Å². The maximum Gasteiger partial charge on any atom is 0.245 e. The molecule has 0 saturated carbocycles. The summed E-state index contributed by atoms with van der Waals surface area (Å²) < 4.78 is 26.7. The van der Waals surface area contributed by atoms with E-state index in [1.807, 2.05) is 0 Å². The topological polar surface area (TPSA) is 95.6 Å². The van der Waals surface area contributed by atoms with Gasteiger partial charge in [-0.3, -0.25) is 9.59 Å². The maximum absolute atomic E-state index is 12.1. The molecule has 26 heavy (non-hydrogen) atoms. The van der Waals surface area contributed by atoms with Crippen molar-refractivity contribution < 1.29 is 18.0 Å². The first-order valence-electron chi connectivity index (χ1n) is 8.25. The number of hydrogen-bond donors (Lipinski definition) is 2. The highest BCUT2D eigenvalue weighted by atomic mass is 35.5. The van der Waals surface area contributed by atoms with Crippen LogP contribution in [0.4, 0.5) is 0 Å². The van der Waals surface area contributed by atoms with Crippen LogP contribution in [0, 0.1) is 5.92 Å². The molecule has 0 radical (unpaired) electrons. The van der Waals surface area contributed by atoms with Gasteiger partial charge in [0.1, 0.15) is 4.90 Å². The Balaban J connectivity index is 1.62. The Morgan fingerprint density at radius 3 is 2.62 bits per heavy atom. The van der Waals surface area contributed by atoms with Crippen molar-refractivity contribution in [1.29, 1.82) is 0 Å². The predicted molar refractivity (Wildman–Crippen MR) is 99.2 cm³/mol. The van der Waals surface area contributed by atoms with E-state index in [2.05, 4.69) is 16.6 Å². The van der Waals surface area contributed by atoms with Crippen molar-refractivity contribution in [3.05, 3.63) is 41.9 Å². The zero-order valence-corrected chi connectivity index (χ0v) is 15.9. The van der Waals surface area contributed by atoms with Gasteiger partial charge in [0.25, 0.3) is 0 Å². The lowest BCUT2D eigenvalue weighted by Crippen LogP contribution is -2.50. The lowest BCUT2D eigenvalue weighted by Gasteiger charge is -2.38. The summed E-state index contributed by atoms with van der Waals surface area (Å²) in [6.45, 7) is 5.11. The number of hydrogen-bond acceptors (Lipinski definition) is 4. The molecular weight excluding hydrogens is 378 g/mol. The summed E-state index contributed by atoms with van der Waals surface area (Å²) in [5, 5.41) is 2.92. The van der Waals surface area contributed by atoms with E-state index in [0.29, 0.717) is 32.5 Å². The molecule has 2 N–H and O–H groups in total. The fraction of sp³-hybridized carbons (Fsp3) is 0.412. The molecular formula is C17H22ClN3O4S. The molecule has 0 aliphatic carbocycles. The second-order valence-electron chi connectivity index (χ2n) is 6.05. The summed E-state index contributed by atoms with van der Waals surface area (Å²) >= 11 is 5.89. The number of nitrogens with zero attached hydrogens (tertiary/aromatic N) is 1. The molecule has 1 aromatic rings. The monoisotopic (exact) mass is 399 g/mol. The fourth-order valence-electron chi connectivity index (χ4n) is 2.61. The maximum atomic E-state index is 12.1. The quantitative estimate of drug-likeness (QED) is 0.481. The minimum absolute atomic E-state index is 0.0364. The molecule has 2 rings (SSSR count). The molecule has 1 aliphatic rings. The van der Waals surface area contributed by atoms with Crippen LogP contribution in [0.25, 0.3) is 0 Å². The Hall–Kier alpha value is -1.90. The Bertz CT molecular complexity index is 776. The zero-order valence-electron chi connectivity index (χ0n) is 14.3. The van der Waals surface area contributed by atoms with Crippen molar-refractivity contribution in [3.63, 3.8) is 0 Å². The predicted octanol–water partition coefficient (Wildman–Crippen LogP) is 1.16. The summed E-state index contributed by atoms with van der Waals surface area (Å²) in [7, 11) is -3.66. The second kappa shape index (κ2) is 9.16. The van der Waals surface area contributed by atoms with Crippen molar-refractivity contribution in [1.82, 2.24) is 14.9 Å². The number of rotatable bonds is 9. The zero-order chi connectivity index (χ0) is 19.2. The number of carbonyl (C=O) groups excluding carboxylic acids is 2. The summed E-state index contributed by atoms with van der Waals surface area (Å²) in [5.41, 5.74) is 0. The molecule has 0 unspecified atom stereocenters. The number of carbonyl (C=O) groups is 2. The lowest BCUT2D eigenvalue weighted by molar-refractivity contribution is -0.134. The van der Waals surface area contributed by atoms with Crippen LogP contribution in [-0.4, -0.2) is 51.3 Å². The third-order valence-electron chi connectivity index (χ3n) is 4.01. The van der Waals surface area contributed by atoms with Gasteiger partial charge in [0, 0.05) is 38.5 Å². The van der Waals surface area contributed by atoms with Gasteiger partial charge in [0.15, 0.2) is 0 Å². The number of halogens is 1. The Morgan fingerprint density at radius 2 is 1.96 bits per heavy atom. The van der Waals surface area contributed by atoms with Gasteiger partial charge in [-0.15, -0.1) is 0 Å². The Morgan fingerprint density at radius 1 is 1.27 bits per heavy atom. The third-order valence-corrected chi connectivity index (χ3v) is 5.97. The minimum atomic E-state index is -3.66. The second-order valence-corrected chi connectivity index (χ2v) is 8.19. The van der Waals surface area contributed by atoms with E-state index in [1.165, 1.54) is 18.2 Å². The van der Waals surface area contributed by atoms with Crippen LogP contribution < -0.4 is 10.0 Å². The molecule has 1 aromatic carbocycles. The van der Waals surface area contributed by atoms with E-state index in [1.54, 1.807) is 17.0 Å². The largest absolute Gasteiger partial charge is 0.356 e. The molecule has 2 amide bonds. The molecule has 7 nitrogen and oxygen atoms in total. The highest BCUT2D eigenvalue weighted by Gasteiger charge is 2.30. The first-order valence-corrected chi connectivity index (χ1v) is 10.1. The molecule has 0 aromatic heterocycles. The molecule has 0 spiro atoms. The van der Waals surface area contributed by atoms with Gasteiger partial charge >= 0.3 is 0 Å². The van der Waals surface area contributed by atoms with Gasteiger partial charge in [-0.05, 0) is 24.6 Å². The number of nitrogens with one attached hydrogen (secondary N) is 2. The van der Waals surface area contributed by atoms with Crippen molar-refractivity contribution >= 4 is 33.4 Å². The van der Waals surface area contributed by atoms with E-state index < -0.39 is 10.0 Å². The average molecular weight is 400 g/mol. The van der Waals surface area contributed by atoms with Crippen LogP contribution in [-0.2, 0) is 19.6 Å². The average Bonchev–Trinajstić information content (AvgIpc) is 2.57. The lowest BCUT2D eigenvalue weighted by atomic mass is 9.96. The number of benzene rings is 1. The molecule has 1 heterocycles. The van der Waals surface area contributed by atoms with Crippen LogP contribution in [0.15, 0.2) is 41.8 Å². The smallest absolute Gasteiger partial charge is 0.245 e. The molecule has 1 aliphatic heterocycles. The minimum Gasteiger partial charge on any atom is -0.356 e. The van der Waals surface area contributed by atoms with Gasteiger partial charge in [-0.25, -0.2) is 13.1 Å². The van der Waals surface area contributed by atoms with E-state index in [-0.39, 0.29) is 34.2 Å². The van der Waals surface area contributed by atoms with E-state index in [4.69, 9.17) is 11.6 Å². The van der Waals surface area contributed by atoms with Crippen molar-refractivity contribution in [2.45, 2.75) is 17.7 Å². The molecule has 1 fully saturated rings. The summed E-state index contributed by atoms with van der Waals surface area (Å²) in [4.78, 5) is 24.8. The first-order chi connectivity index (χ1) is 12.3. The van der Waals surface area contributed by atoms with Crippen LogP contribution in [0.2, 0.25) is 5.02 Å². The van der Waals surface area contributed by atoms with E-state index in [0.717, 1.165) is 0 Å². The first kappa shape index (κ1) is 20.4. The van der Waals surface area contributed by atoms with Crippen molar-refractivity contribution in [2.24, 2.45) is 5.92 Å². The summed E-state index contributed by atoms with van der Waals surface area (Å²) in [6.07, 6.45) is 2.08.